The van der Waals surface area contributed by atoms with Crippen LogP contribution in [0.1, 0.15) is 29.1 Å². The molecule has 8 heteroatoms. The van der Waals surface area contributed by atoms with E-state index < -0.39 is 22.8 Å². The van der Waals surface area contributed by atoms with Gasteiger partial charge < -0.3 is 9.73 Å². The van der Waals surface area contributed by atoms with Gasteiger partial charge in [-0.05, 0) is 30.7 Å². The molecule has 1 N–H and O–H groups in total. The maximum absolute atomic E-state index is 11.9. The van der Waals surface area contributed by atoms with E-state index in [2.05, 4.69) is 5.32 Å². The van der Waals surface area contributed by atoms with Crippen molar-refractivity contribution in [3.63, 3.8) is 0 Å². The zero-order valence-electron chi connectivity index (χ0n) is 10.8. The molecule has 0 saturated heterocycles. The normalized spacial score (nSPS) is 12.0. The highest BCUT2D eigenvalue weighted by Crippen LogP contribution is 2.26. The SMILES string of the molecule is CC(NC(=O)c1ccc([N+](=O)[O-])o1)c1ccc(Cl)cc1Cl. The fraction of sp³-hybridized carbons (Fsp3) is 0.154. The van der Waals surface area contributed by atoms with Crippen molar-refractivity contribution >= 4 is 35.0 Å². The second kappa shape index (κ2) is 6.15. The summed E-state index contributed by atoms with van der Waals surface area (Å²) in [4.78, 5) is 21.7. The molecule has 0 bridgehead atoms. The molecule has 1 aromatic carbocycles. The van der Waals surface area contributed by atoms with Crippen LogP contribution in [0.25, 0.3) is 0 Å². The van der Waals surface area contributed by atoms with Crippen LogP contribution in [0.15, 0.2) is 34.7 Å². The number of halogens is 2. The predicted octanol–water partition coefficient (Wildman–Crippen LogP) is 3.99. The number of carbonyl (C=O) groups excluding carboxylic acids is 1. The van der Waals surface area contributed by atoms with Crippen molar-refractivity contribution in [1.82, 2.24) is 5.32 Å². The number of carbonyl (C=O) groups is 1. The summed E-state index contributed by atoms with van der Waals surface area (Å²) in [6.07, 6.45) is 0. The number of nitrogens with one attached hydrogen (secondary N) is 1. The van der Waals surface area contributed by atoms with Crippen LogP contribution in [-0.4, -0.2) is 10.8 Å². The maximum atomic E-state index is 11.9. The Labute approximate surface area is 129 Å². The molecular weight excluding hydrogens is 319 g/mol. The van der Waals surface area contributed by atoms with Crippen LogP contribution < -0.4 is 5.32 Å². The number of nitrogens with zero attached hydrogens (tertiary/aromatic N) is 1. The molecule has 2 rings (SSSR count). The first-order valence-corrected chi connectivity index (χ1v) is 6.64. The summed E-state index contributed by atoms with van der Waals surface area (Å²) in [6, 6.07) is 6.87. The van der Waals surface area contributed by atoms with Gasteiger partial charge in [0.15, 0.2) is 5.76 Å². The lowest BCUT2D eigenvalue weighted by atomic mass is 10.1. The maximum Gasteiger partial charge on any atom is 0.433 e. The van der Waals surface area contributed by atoms with Gasteiger partial charge in [0.25, 0.3) is 5.91 Å². The zero-order valence-corrected chi connectivity index (χ0v) is 12.3. The Morgan fingerprint density at radius 3 is 2.62 bits per heavy atom. The van der Waals surface area contributed by atoms with Crippen molar-refractivity contribution in [1.29, 1.82) is 0 Å². The molecule has 21 heavy (non-hydrogen) atoms. The van der Waals surface area contributed by atoms with Gasteiger partial charge in [0.05, 0.1) is 12.1 Å². The monoisotopic (exact) mass is 328 g/mol. The van der Waals surface area contributed by atoms with E-state index in [4.69, 9.17) is 27.6 Å². The molecule has 1 unspecified atom stereocenters. The first-order chi connectivity index (χ1) is 9.88. The summed E-state index contributed by atoms with van der Waals surface area (Å²) >= 11 is 11.9. The highest BCUT2D eigenvalue weighted by molar-refractivity contribution is 6.35. The van der Waals surface area contributed by atoms with Gasteiger partial charge in [0.1, 0.15) is 4.92 Å². The second-order valence-corrected chi connectivity index (χ2v) is 5.10. The van der Waals surface area contributed by atoms with Crippen LogP contribution in [0.4, 0.5) is 5.88 Å². The van der Waals surface area contributed by atoms with Gasteiger partial charge in [-0.15, -0.1) is 0 Å². The number of hydrogen-bond acceptors (Lipinski definition) is 4. The number of amides is 1. The fourth-order valence-corrected chi connectivity index (χ4v) is 2.32. The molecule has 2 aromatic rings. The van der Waals surface area contributed by atoms with E-state index in [1.807, 2.05) is 0 Å². The summed E-state index contributed by atoms with van der Waals surface area (Å²) < 4.78 is 4.83. The fourth-order valence-electron chi connectivity index (χ4n) is 1.75. The Bertz CT molecular complexity index is 699. The van der Waals surface area contributed by atoms with Crippen molar-refractivity contribution < 1.29 is 14.1 Å². The highest BCUT2D eigenvalue weighted by Gasteiger charge is 2.20. The van der Waals surface area contributed by atoms with Crippen LogP contribution in [0, 0.1) is 10.1 Å². The van der Waals surface area contributed by atoms with Gasteiger partial charge in [0.2, 0.25) is 0 Å². The molecule has 0 radical (unpaired) electrons. The van der Waals surface area contributed by atoms with E-state index in [9.17, 15) is 14.9 Å². The van der Waals surface area contributed by atoms with Gasteiger partial charge in [-0.2, -0.15) is 0 Å². The highest BCUT2D eigenvalue weighted by atomic mass is 35.5. The standard InChI is InChI=1S/C13H10Cl2N2O4/c1-7(9-3-2-8(14)6-10(9)15)16-13(18)11-4-5-12(21-11)17(19)20/h2-7H,1H3,(H,16,18). The number of hydrogen-bond donors (Lipinski definition) is 1. The van der Waals surface area contributed by atoms with Gasteiger partial charge in [-0.3, -0.25) is 14.9 Å². The van der Waals surface area contributed by atoms with Crippen molar-refractivity contribution in [3.05, 3.63) is 61.8 Å². The lowest BCUT2D eigenvalue weighted by Gasteiger charge is -2.15. The number of rotatable bonds is 4. The van der Waals surface area contributed by atoms with Gasteiger partial charge in [-0.1, -0.05) is 29.3 Å². The van der Waals surface area contributed by atoms with Crippen molar-refractivity contribution in [2.75, 3.05) is 0 Å². The molecule has 1 amide bonds. The summed E-state index contributed by atoms with van der Waals surface area (Å²) in [5.41, 5.74) is 0.676. The molecule has 6 nitrogen and oxygen atoms in total. The van der Waals surface area contributed by atoms with E-state index in [0.717, 1.165) is 6.07 Å². The Balaban J connectivity index is 2.12. The van der Waals surface area contributed by atoms with Crippen LogP contribution in [0.5, 0.6) is 0 Å². The van der Waals surface area contributed by atoms with E-state index in [-0.39, 0.29) is 5.76 Å². The van der Waals surface area contributed by atoms with Gasteiger partial charge in [0, 0.05) is 10.0 Å². The molecule has 1 atom stereocenters. The van der Waals surface area contributed by atoms with Gasteiger partial charge in [-0.25, -0.2) is 0 Å². The minimum Gasteiger partial charge on any atom is -0.395 e. The van der Waals surface area contributed by atoms with Crippen LogP contribution >= 0.6 is 23.2 Å². The topological polar surface area (TPSA) is 85.4 Å². The smallest absolute Gasteiger partial charge is 0.395 e. The number of furan rings is 1. The summed E-state index contributed by atoms with van der Waals surface area (Å²) in [5, 5.41) is 14.1. The third kappa shape index (κ3) is 3.53. The first kappa shape index (κ1) is 15.3. The van der Waals surface area contributed by atoms with Crippen molar-refractivity contribution in [3.8, 4) is 0 Å². The molecule has 0 aliphatic rings. The quantitative estimate of drug-likeness (QED) is 0.679. The predicted molar refractivity (Wildman–Crippen MR) is 77.7 cm³/mol. The van der Waals surface area contributed by atoms with E-state index >= 15 is 0 Å². The van der Waals surface area contributed by atoms with Crippen LogP contribution in [0.2, 0.25) is 10.0 Å². The molecule has 0 aliphatic heterocycles. The van der Waals surface area contributed by atoms with Crippen LogP contribution in [-0.2, 0) is 0 Å². The Morgan fingerprint density at radius 2 is 2.05 bits per heavy atom. The van der Waals surface area contributed by atoms with E-state index in [1.54, 1.807) is 25.1 Å². The van der Waals surface area contributed by atoms with Crippen molar-refractivity contribution in [2.45, 2.75) is 13.0 Å². The number of benzene rings is 1. The largest absolute Gasteiger partial charge is 0.433 e. The summed E-state index contributed by atoms with van der Waals surface area (Å²) in [7, 11) is 0. The molecule has 0 aliphatic carbocycles. The molecule has 110 valence electrons. The average molecular weight is 329 g/mol. The zero-order chi connectivity index (χ0) is 15.6. The average Bonchev–Trinajstić information content (AvgIpc) is 2.88. The third-order valence-corrected chi connectivity index (χ3v) is 3.33. The minimum atomic E-state index is -0.712. The van der Waals surface area contributed by atoms with Crippen LogP contribution in [0.3, 0.4) is 0 Å². The Morgan fingerprint density at radius 1 is 1.33 bits per heavy atom. The summed E-state index contributed by atoms with van der Waals surface area (Å²) in [6.45, 7) is 1.73. The number of nitro groups is 1. The summed E-state index contributed by atoms with van der Waals surface area (Å²) in [5.74, 6) is -1.20. The molecular formula is C13H10Cl2N2O4. The van der Waals surface area contributed by atoms with Gasteiger partial charge >= 0.3 is 5.88 Å². The molecule has 0 spiro atoms. The van der Waals surface area contributed by atoms with Crippen molar-refractivity contribution in [2.24, 2.45) is 0 Å². The molecule has 0 fully saturated rings. The lowest BCUT2D eigenvalue weighted by molar-refractivity contribution is -0.402. The lowest BCUT2D eigenvalue weighted by Crippen LogP contribution is -2.26. The molecule has 1 heterocycles. The Hall–Kier alpha value is -2.05. The molecule has 1 aromatic heterocycles. The Kier molecular flexibility index (Phi) is 4.50. The molecule has 0 saturated carbocycles. The minimum absolute atomic E-state index is 0.140. The van der Waals surface area contributed by atoms with E-state index in [0.29, 0.717) is 15.6 Å². The second-order valence-electron chi connectivity index (χ2n) is 4.26. The van der Waals surface area contributed by atoms with E-state index in [1.165, 1.54) is 6.07 Å². The third-order valence-electron chi connectivity index (χ3n) is 2.77. The first-order valence-electron chi connectivity index (χ1n) is 5.88.